The van der Waals surface area contributed by atoms with E-state index in [1.165, 1.54) is 37.0 Å². The van der Waals surface area contributed by atoms with Gasteiger partial charge in [-0.2, -0.15) is 5.26 Å². The fraction of sp³-hybridized carbons (Fsp3) is 0.562. The molecular formula is C16H19N3. The second-order valence-electron chi connectivity index (χ2n) is 6.00. The molecule has 1 saturated carbocycles. The van der Waals surface area contributed by atoms with E-state index >= 15 is 0 Å². The Hall–Kier alpha value is -1.53. The molecule has 0 aromatic rings. The lowest BCUT2D eigenvalue weighted by Crippen LogP contribution is -2.32. The van der Waals surface area contributed by atoms with Crippen molar-refractivity contribution in [2.75, 3.05) is 19.6 Å². The van der Waals surface area contributed by atoms with Crippen LogP contribution in [0.2, 0.25) is 0 Å². The summed E-state index contributed by atoms with van der Waals surface area (Å²) in [6.45, 7) is 2.85. The molecule has 0 radical (unpaired) electrons. The monoisotopic (exact) mass is 253 g/mol. The molecule has 0 amide bonds. The molecule has 0 aromatic heterocycles. The summed E-state index contributed by atoms with van der Waals surface area (Å²) < 4.78 is 0. The van der Waals surface area contributed by atoms with Crippen LogP contribution in [0.3, 0.4) is 0 Å². The molecule has 0 spiro atoms. The van der Waals surface area contributed by atoms with Crippen LogP contribution in [-0.2, 0) is 0 Å². The molecule has 2 aliphatic heterocycles. The summed E-state index contributed by atoms with van der Waals surface area (Å²) in [7, 11) is 0. The summed E-state index contributed by atoms with van der Waals surface area (Å²) in [4.78, 5) is 2.26. The zero-order valence-corrected chi connectivity index (χ0v) is 11.2. The molecular weight excluding hydrogens is 234 g/mol. The van der Waals surface area contributed by atoms with Crippen molar-refractivity contribution in [3.05, 3.63) is 34.7 Å². The lowest BCUT2D eigenvalue weighted by molar-refractivity contribution is 0.415. The van der Waals surface area contributed by atoms with Gasteiger partial charge in [-0.3, -0.25) is 0 Å². The van der Waals surface area contributed by atoms with E-state index in [-0.39, 0.29) is 0 Å². The van der Waals surface area contributed by atoms with Crippen LogP contribution >= 0.6 is 0 Å². The Balaban J connectivity index is 1.84. The van der Waals surface area contributed by atoms with Crippen LogP contribution in [0.1, 0.15) is 25.7 Å². The van der Waals surface area contributed by atoms with E-state index in [0.29, 0.717) is 5.92 Å². The molecule has 2 heterocycles. The van der Waals surface area contributed by atoms with Crippen molar-refractivity contribution in [1.82, 2.24) is 10.2 Å². The lowest BCUT2D eigenvalue weighted by atomic mass is 9.80. The first-order valence-corrected chi connectivity index (χ1v) is 7.41. The van der Waals surface area contributed by atoms with Gasteiger partial charge >= 0.3 is 0 Å². The van der Waals surface area contributed by atoms with E-state index in [1.807, 2.05) is 0 Å². The molecule has 4 aliphatic rings. The maximum absolute atomic E-state index is 9.48. The third-order valence-electron chi connectivity index (χ3n) is 4.79. The molecule has 1 atom stereocenters. The van der Waals surface area contributed by atoms with Crippen molar-refractivity contribution in [2.45, 2.75) is 25.7 Å². The number of nitrogens with one attached hydrogen (secondary N) is 1. The van der Waals surface area contributed by atoms with Crippen LogP contribution in [0.4, 0.5) is 0 Å². The molecule has 3 nitrogen and oxygen atoms in total. The van der Waals surface area contributed by atoms with Gasteiger partial charge in [0.2, 0.25) is 0 Å². The highest BCUT2D eigenvalue weighted by atomic mass is 15.2. The summed E-state index contributed by atoms with van der Waals surface area (Å²) >= 11 is 0. The van der Waals surface area contributed by atoms with E-state index in [9.17, 15) is 5.26 Å². The summed E-state index contributed by atoms with van der Waals surface area (Å²) in [5, 5.41) is 13.0. The van der Waals surface area contributed by atoms with Crippen molar-refractivity contribution in [2.24, 2.45) is 11.8 Å². The summed E-state index contributed by atoms with van der Waals surface area (Å²) in [5.41, 5.74) is 5.31. The molecule has 2 aliphatic carbocycles. The highest BCUT2D eigenvalue weighted by Crippen LogP contribution is 2.49. The minimum absolute atomic E-state index is 0.544. The average Bonchev–Trinajstić information content (AvgIpc) is 3.27. The second-order valence-corrected chi connectivity index (χ2v) is 6.00. The van der Waals surface area contributed by atoms with Crippen LogP contribution < -0.4 is 5.32 Å². The first kappa shape index (κ1) is 11.3. The predicted molar refractivity (Wildman–Crippen MR) is 73.8 cm³/mol. The zero-order chi connectivity index (χ0) is 12.8. The van der Waals surface area contributed by atoms with Crippen molar-refractivity contribution in [3.8, 4) is 6.07 Å². The number of nitriles is 1. The first-order chi connectivity index (χ1) is 9.38. The molecule has 3 heteroatoms. The van der Waals surface area contributed by atoms with Crippen molar-refractivity contribution < 1.29 is 0 Å². The molecule has 1 saturated heterocycles. The quantitative estimate of drug-likeness (QED) is 0.779. The molecule has 19 heavy (non-hydrogen) atoms. The number of nitrogens with zero attached hydrogens (tertiary/aromatic N) is 2. The number of hydrogen-bond donors (Lipinski definition) is 1. The minimum atomic E-state index is 0.544. The fourth-order valence-electron chi connectivity index (χ4n) is 3.75. The third kappa shape index (κ3) is 1.74. The molecule has 4 rings (SSSR count). The maximum atomic E-state index is 9.48. The highest BCUT2D eigenvalue weighted by molar-refractivity contribution is 5.49. The summed E-state index contributed by atoms with van der Waals surface area (Å²) in [6.07, 6.45) is 9.66. The maximum Gasteiger partial charge on any atom is 0.117 e. The Bertz CT molecular complexity index is 543. The van der Waals surface area contributed by atoms with Gasteiger partial charge in [0.15, 0.2) is 0 Å². The van der Waals surface area contributed by atoms with Gasteiger partial charge in [0.25, 0.3) is 0 Å². The Labute approximate surface area is 114 Å². The topological polar surface area (TPSA) is 39.1 Å². The Morgan fingerprint density at radius 3 is 3.05 bits per heavy atom. The van der Waals surface area contributed by atoms with Gasteiger partial charge in [-0.1, -0.05) is 6.08 Å². The van der Waals surface area contributed by atoms with Crippen molar-refractivity contribution >= 4 is 0 Å². The van der Waals surface area contributed by atoms with E-state index in [2.05, 4.69) is 28.4 Å². The number of hydrogen-bond acceptors (Lipinski definition) is 3. The second kappa shape index (κ2) is 4.25. The standard InChI is InChI=1S/C16H19N3/c17-9-13-8-15(11-4-5-11)14-3-1-2-12-10-18-6-7-19(13)16(12)14/h2,8,11,15,18H,1,3-7,10H2. The molecule has 1 N–H and O–H groups in total. The van der Waals surface area contributed by atoms with Crippen LogP contribution in [0.25, 0.3) is 0 Å². The summed E-state index contributed by atoms with van der Waals surface area (Å²) in [5.74, 6) is 1.35. The summed E-state index contributed by atoms with van der Waals surface area (Å²) in [6, 6.07) is 2.43. The van der Waals surface area contributed by atoms with E-state index in [0.717, 1.165) is 31.2 Å². The average molecular weight is 253 g/mol. The molecule has 2 fully saturated rings. The Morgan fingerprint density at radius 2 is 2.26 bits per heavy atom. The zero-order valence-electron chi connectivity index (χ0n) is 11.2. The highest BCUT2D eigenvalue weighted by Gasteiger charge is 2.39. The molecule has 1 unspecified atom stereocenters. The van der Waals surface area contributed by atoms with E-state index in [4.69, 9.17) is 0 Å². The number of rotatable bonds is 1. The van der Waals surface area contributed by atoms with Gasteiger partial charge in [0.1, 0.15) is 11.8 Å². The Morgan fingerprint density at radius 1 is 1.37 bits per heavy atom. The van der Waals surface area contributed by atoms with Gasteiger partial charge < -0.3 is 10.2 Å². The van der Waals surface area contributed by atoms with E-state index in [1.54, 1.807) is 5.57 Å². The van der Waals surface area contributed by atoms with Gasteiger partial charge in [-0.15, -0.1) is 0 Å². The number of allylic oxidation sites excluding steroid dienone is 4. The predicted octanol–water partition coefficient (Wildman–Crippen LogP) is 2.31. The van der Waals surface area contributed by atoms with Gasteiger partial charge in [0, 0.05) is 31.2 Å². The van der Waals surface area contributed by atoms with Crippen LogP contribution in [-0.4, -0.2) is 24.5 Å². The van der Waals surface area contributed by atoms with Crippen LogP contribution in [0.5, 0.6) is 0 Å². The Kier molecular flexibility index (Phi) is 2.53. The van der Waals surface area contributed by atoms with Crippen molar-refractivity contribution in [1.29, 1.82) is 5.26 Å². The van der Waals surface area contributed by atoms with Gasteiger partial charge in [0.05, 0.1) is 0 Å². The van der Waals surface area contributed by atoms with Gasteiger partial charge in [-0.25, -0.2) is 0 Å². The minimum Gasteiger partial charge on any atom is -0.332 e. The SMILES string of the molecule is N#CC1=CC(C2CC2)C2=C3C(=CCC2)CNCCN13. The smallest absolute Gasteiger partial charge is 0.117 e. The van der Waals surface area contributed by atoms with Crippen molar-refractivity contribution in [3.63, 3.8) is 0 Å². The molecule has 0 bridgehead atoms. The van der Waals surface area contributed by atoms with Crippen LogP contribution in [0.15, 0.2) is 34.7 Å². The van der Waals surface area contributed by atoms with Crippen LogP contribution in [0, 0.1) is 23.2 Å². The normalized spacial score (nSPS) is 30.1. The largest absolute Gasteiger partial charge is 0.332 e. The van der Waals surface area contributed by atoms with E-state index < -0.39 is 0 Å². The molecule has 0 aromatic carbocycles. The van der Waals surface area contributed by atoms with Gasteiger partial charge in [-0.05, 0) is 48.8 Å². The lowest BCUT2D eigenvalue weighted by Gasteiger charge is -2.37. The molecule has 98 valence electrons. The third-order valence-corrected chi connectivity index (χ3v) is 4.79. The first-order valence-electron chi connectivity index (χ1n) is 7.41. The fourth-order valence-corrected chi connectivity index (χ4v) is 3.75.